The Labute approximate surface area is 150 Å². The fourth-order valence-electron chi connectivity index (χ4n) is 3.61. The van der Waals surface area contributed by atoms with Gasteiger partial charge in [0.25, 0.3) is 5.91 Å². The van der Waals surface area contributed by atoms with Crippen molar-refractivity contribution in [2.75, 3.05) is 25.4 Å². The predicted molar refractivity (Wildman–Crippen MR) is 89.3 cm³/mol. The molecule has 138 valence electrons. The molecule has 2 aliphatic heterocycles. The van der Waals surface area contributed by atoms with Crippen molar-refractivity contribution < 1.29 is 22.5 Å². The molecule has 2 aliphatic rings. The smallest absolute Gasteiger partial charge is 0.316 e. The number of carbonyl (C=O) groups excluding carboxylic acids is 1. The van der Waals surface area contributed by atoms with E-state index < -0.39 is 14.6 Å². The molecule has 1 amide bonds. The maximum absolute atomic E-state index is 12.6. The third-order valence-electron chi connectivity index (χ3n) is 5.10. The molecule has 0 aromatic carbocycles. The van der Waals surface area contributed by atoms with Crippen molar-refractivity contribution in [3.63, 3.8) is 0 Å². The molecular weight excluding hydrogens is 360 g/mol. The number of aryl methyl sites for hydroxylation is 1. The van der Waals surface area contributed by atoms with Crippen molar-refractivity contribution in [2.24, 2.45) is 5.92 Å². The Morgan fingerprint density at radius 1 is 1.38 bits per heavy atom. The molecular formula is C16H18N4O5S. The number of likely N-dealkylation sites (tertiary alicyclic amines) is 1. The van der Waals surface area contributed by atoms with Gasteiger partial charge < -0.3 is 14.2 Å². The van der Waals surface area contributed by atoms with E-state index in [-0.39, 0.29) is 49.0 Å². The fourth-order valence-corrected chi connectivity index (χ4v) is 6.01. The molecule has 0 unspecified atom stereocenters. The second kappa shape index (κ2) is 6.04. The Kier molecular flexibility index (Phi) is 3.94. The number of ether oxygens (including phenoxy) is 1. The molecule has 0 bridgehead atoms. The van der Waals surface area contributed by atoms with Crippen LogP contribution >= 0.6 is 0 Å². The van der Waals surface area contributed by atoms with Crippen molar-refractivity contribution in [1.29, 1.82) is 0 Å². The molecule has 4 rings (SSSR count). The molecule has 0 saturated carbocycles. The van der Waals surface area contributed by atoms with Gasteiger partial charge in [-0.1, -0.05) is 5.16 Å². The Morgan fingerprint density at radius 2 is 2.12 bits per heavy atom. The van der Waals surface area contributed by atoms with E-state index >= 15 is 0 Å². The first-order valence-corrected chi connectivity index (χ1v) is 9.91. The van der Waals surface area contributed by atoms with Crippen molar-refractivity contribution in [1.82, 2.24) is 20.0 Å². The molecule has 2 fully saturated rings. The van der Waals surface area contributed by atoms with Gasteiger partial charge in [-0.25, -0.2) is 18.4 Å². The van der Waals surface area contributed by atoms with Crippen LogP contribution in [0.15, 0.2) is 29.0 Å². The van der Waals surface area contributed by atoms with E-state index in [1.165, 1.54) is 4.90 Å². The molecule has 0 aliphatic carbocycles. The third kappa shape index (κ3) is 2.64. The van der Waals surface area contributed by atoms with Crippen LogP contribution in [0, 0.1) is 12.8 Å². The largest absolute Gasteiger partial charge is 0.463 e. The number of amides is 1. The van der Waals surface area contributed by atoms with Crippen molar-refractivity contribution in [3.05, 3.63) is 36.0 Å². The van der Waals surface area contributed by atoms with E-state index in [9.17, 15) is 13.2 Å². The van der Waals surface area contributed by atoms with Gasteiger partial charge in [0.15, 0.2) is 9.84 Å². The average Bonchev–Trinajstić information content (AvgIpc) is 3.13. The van der Waals surface area contributed by atoms with Crippen molar-refractivity contribution >= 4 is 15.7 Å². The standard InChI is InChI=1S/C16H18N4O5S/c1-11-7-13(25-19-11)14(21)20-9-16(10-20)12(3-6-26(16,22)23)8-24-15-17-4-2-5-18-15/h2,4-5,7,12H,3,6,8-10H2,1H3/t12-/m1/s1. The molecule has 2 aromatic heterocycles. The van der Waals surface area contributed by atoms with E-state index in [0.717, 1.165) is 0 Å². The maximum atomic E-state index is 12.6. The first-order valence-electron chi connectivity index (χ1n) is 8.26. The number of aromatic nitrogens is 3. The summed E-state index contributed by atoms with van der Waals surface area (Å²) in [5.41, 5.74) is 0.603. The van der Waals surface area contributed by atoms with Crippen LogP contribution in [0.2, 0.25) is 0 Å². The Morgan fingerprint density at radius 3 is 2.77 bits per heavy atom. The van der Waals surface area contributed by atoms with Gasteiger partial charge in [0, 0.05) is 37.5 Å². The number of rotatable bonds is 4. The summed E-state index contributed by atoms with van der Waals surface area (Å²) in [4.78, 5) is 21.9. The van der Waals surface area contributed by atoms with Gasteiger partial charge in [0.2, 0.25) is 5.76 Å². The van der Waals surface area contributed by atoms with Crippen LogP contribution in [-0.4, -0.2) is 64.5 Å². The van der Waals surface area contributed by atoms with Crippen LogP contribution in [0.5, 0.6) is 6.01 Å². The lowest BCUT2D eigenvalue weighted by molar-refractivity contribution is 0.0367. The van der Waals surface area contributed by atoms with Crippen LogP contribution in [0.1, 0.15) is 22.7 Å². The minimum Gasteiger partial charge on any atom is -0.463 e. The van der Waals surface area contributed by atoms with E-state index in [2.05, 4.69) is 15.1 Å². The van der Waals surface area contributed by atoms with E-state index in [0.29, 0.717) is 12.1 Å². The van der Waals surface area contributed by atoms with E-state index in [1.807, 2.05) is 0 Å². The van der Waals surface area contributed by atoms with Crippen LogP contribution in [0.4, 0.5) is 0 Å². The highest BCUT2D eigenvalue weighted by atomic mass is 32.2. The molecule has 26 heavy (non-hydrogen) atoms. The molecule has 4 heterocycles. The highest BCUT2D eigenvalue weighted by molar-refractivity contribution is 7.93. The van der Waals surface area contributed by atoms with Gasteiger partial charge in [-0.2, -0.15) is 0 Å². The molecule has 9 nitrogen and oxygen atoms in total. The highest BCUT2D eigenvalue weighted by Crippen LogP contribution is 2.45. The number of carbonyl (C=O) groups is 1. The lowest BCUT2D eigenvalue weighted by atomic mass is 9.83. The Hall–Kier alpha value is -2.49. The summed E-state index contributed by atoms with van der Waals surface area (Å²) in [5, 5.41) is 3.70. The normalized spacial score (nSPS) is 23.0. The summed E-state index contributed by atoms with van der Waals surface area (Å²) < 4.78 is 34.9. The lowest BCUT2D eigenvalue weighted by Gasteiger charge is -2.49. The van der Waals surface area contributed by atoms with E-state index in [4.69, 9.17) is 9.26 Å². The second-order valence-electron chi connectivity index (χ2n) is 6.71. The van der Waals surface area contributed by atoms with Crippen LogP contribution in [-0.2, 0) is 9.84 Å². The summed E-state index contributed by atoms with van der Waals surface area (Å²) >= 11 is 0. The van der Waals surface area contributed by atoms with E-state index in [1.54, 1.807) is 31.5 Å². The topological polar surface area (TPSA) is 115 Å². The highest BCUT2D eigenvalue weighted by Gasteiger charge is 2.63. The monoisotopic (exact) mass is 378 g/mol. The lowest BCUT2D eigenvalue weighted by Crippen LogP contribution is -2.68. The molecule has 2 aromatic rings. The second-order valence-corrected chi connectivity index (χ2v) is 9.16. The predicted octanol–water partition coefficient (Wildman–Crippen LogP) is 0.481. The maximum Gasteiger partial charge on any atom is 0.316 e. The molecule has 1 atom stereocenters. The molecule has 10 heteroatoms. The van der Waals surface area contributed by atoms with Crippen LogP contribution in [0.25, 0.3) is 0 Å². The summed E-state index contributed by atoms with van der Waals surface area (Å²) in [5.74, 6) is -0.334. The zero-order valence-electron chi connectivity index (χ0n) is 14.2. The first kappa shape index (κ1) is 17.0. The van der Waals surface area contributed by atoms with Gasteiger partial charge in [-0.05, 0) is 19.4 Å². The minimum atomic E-state index is -3.31. The molecule has 0 radical (unpaired) electrons. The summed E-state index contributed by atoms with van der Waals surface area (Å²) in [6.07, 6.45) is 3.62. The first-order chi connectivity index (χ1) is 12.4. The molecule has 2 saturated heterocycles. The Balaban J connectivity index is 1.47. The third-order valence-corrected chi connectivity index (χ3v) is 7.70. The number of sulfone groups is 1. The number of hydrogen-bond acceptors (Lipinski definition) is 8. The number of nitrogens with zero attached hydrogens (tertiary/aromatic N) is 4. The Bertz CT molecular complexity index is 921. The summed E-state index contributed by atoms with van der Waals surface area (Å²) in [7, 11) is -3.31. The molecule has 0 N–H and O–H groups in total. The van der Waals surface area contributed by atoms with Gasteiger partial charge in [0.05, 0.1) is 18.1 Å². The van der Waals surface area contributed by atoms with Gasteiger partial charge >= 0.3 is 6.01 Å². The van der Waals surface area contributed by atoms with Crippen LogP contribution < -0.4 is 4.74 Å². The van der Waals surface area contributed by atoms with Gasteiger partial charge in [-0.3, -0.25) is 4.79 Å². The number of hydrogen-bond donors (Lipinski definition) is 0. The average molecular weight is 378 g/mol. The summed E-state index contributed by atoms with van der Waals surface area (Å²) in [6, 6.07) is 3.44. The SMILES string of the molecule is Cc1cc(C(=O)N2CC3(C2)[C@@H](COc2ncccn2)CCS3(=O)=O)on1. The quantitative estimate of drug-likeness (QED) is 0.754. The zero-order valence-corrected chi connectivity index (χ0v) is 15.0. The minimum absolute atomic E-state index is 0.0973. The summed E-state index contributed by atoms with van der Waals surface area (Å²) in [6.45, 7) is 2.19. The fraction of sp³-hybridized carbons (Fsp3) is 0.500. The van der Waals surface area contributed by atoms with Gasteiger partial charge in [-0.15, -0.1) is 0 Å². The van der Waals surface area contributed by atoms with Gasteiger partial charge in [0.1, 0.15) is 4.75 Å². The van der Waals surface area contributed by atoms with Crippen molar-refractivity contribution in [2.45, 2.75) is 18.1 Å². The molecule has 1 spiro atoms. The zero-order chi connectivity index (χ0) is 18.4. The van der Waals surface area contributed by atoms with Crippen molar-refractivity contribution in [3.8, 4) is 6.01 Å². The van der Waals surface area contributed by atoms with Crippen LogP contribution in [0.3, 0.4) is 0 Å².